The largest absolute Gasteiger partial charge is 0.379 e. The summed E-state index contributed by atoms with van der Waals surface area (Å²) in [6.45, 7) is 9.82. The van der Waals surface area contributed by atoms with Gasteiger partial charge in [0.25, 0.3) is 0 Å². The number of halogens is 1. The van der Waals surface area contributed by atoms with E-state index in [0.717, 1.165) is 32.8 Å². The van der Waals surface area contributed by atoms with Crippen molar-refractivity contribution in [3.05, 3.63) is 24.0 Å². The predicted molar refractivity (Wildman–Crippen MR) is 103 cm³/mol. The summed E-state index contributed by atoms with van der Waals surface area (Å²) >= 11 is 0. The number of amides is 2. The zero-order chi connectivity index (χ0) is 19.2. The van der Waals surface area contributed by atoms with Gasteiger partial charge in [-0.05, 0) is 32.0 Å². The van der Waals surface area contributed by atoms with Crippen LogP contribution in [0.25, 0.3) is 0 Å². The Morgan fingerprint density at radius 2 is 1.93 bits per heavy atom. The fraction of sp³-hybridized carbons (Fsp3) is 0.632. The van der Waals surface area contributed by atoms with Crippen LogP contribution in [-0.2, 0) is 9.47 Å². The number of carbonyl (C=O) groups excluding carboxylic acids is 1. The predicted octanol–water partition coefficient (Wildman–Crippen LogP) is 1.89. The molecule has 0 aliphatic carbocycles. The van der Waals surface area contributed by atoms with Gasteiger partial charge in [-0.3, -0.25) is 4.90 Å². The molecule has 1 aromatic rings. The van der Waals surface area contributed by atoms with Crippen molar-refractivity contribution in [1.82, 2.24) is 10.2 Å². The van der Waals surface area contributed by atoms with E-state index in [1.165, 1.54) is 6.07 Å². The minimum Gasteiger partial charge on any atom is -0.379 e. The molecule has 2 amide bonds. The maximum Gasteiger partial charge on any atom is 0.319 e. The van der Waals surface area contributed by atoms with Gasteiger partial charge < -0.3 is 25.0 Å². The van der Waals surface area contributed by atoms with Gasteiger partial charge >= 0.3 is 6.03 Å². The molecular weight excluding hydrogens is 351 g/mol. The Labute approximate surface area is 159 Å². The van der Waals surface area contributed by atoms with Crippen LogP contribution in [0.5, 0.6) is 0 Å². The summed E-state index contributed by atoms with van der Waals surface area (Å²) in [6.07, 6.45) is 0.117. The zero-order valence-corrected chi connectivity index (χ0v) is 16.0. The van der Waals surface area contributed by atoms with Gasteiger partial charge in [0.1, 0.15) is 5.82 Å². The smallest absolute Gasteiger partial charge is 0.319 e. The first-order valence-electron chi connectivity index (χ1n) is 9.56. The Morgan fingerprint density at radius 1 is 1.22 bits per heavy atom. The number of urea groups is 1. The van der Waals surface area contributed by atoms with Crippen molar-refractivity contribution < 1.29 is 18.7 Å². The topological polar surface area (TPSA) is 66.1 Å². The molecule has 0 radical (unpaired) electrons. The standard InChI is InChI=1S/C19H29FN4O3/c1-14-12-24(13-15(2)27-14)18-4-3-16(11-17(18)20)22-19(25)21-5-6-23-7-9-26-10-8-23/h3-4,11,14-15H,5-10,12-13H2,1-2H3,(H2,21,22,25). The highest BCUT2D eigenvalue weighted by atomic mass is 19.1. The number of anilines is 2. The summed E-state index contributed by atoms with van der Waals surface area (Å²) in [6, 6.07) is 4.47. The number of hydrogen-bond acceptors (Lipinski definition) is 5. The van der Waals surface area contributed by atoms with Gasteiger partial charge in [0.05, 0.1) is 31.1 Å². The van der Waals surface area contributed by atoms with Crippen LogP contribution in [0.1, 0.15) is 13.8 Å². The van der Waals surface area contributed by atoms with Gasteiger partial charge in [0.2, 0.25) is 0 Å². The average molecular weight is 380 g/mol. The molecule has 2 N–H and O–H groups in total. The third kappa shape index (κ3) is 5.79. The van der Waals surface area contributed by atoms with Crippen LogP contribution in [0, 0.1) is 5.82 Å². The van der Waals surface area contributed by atoms with Crippen molar-refractivity contribution in [2.45, 2.75) is 26.1 Å². The molecule has 8 heteroatoms. The maximum atomic E-state index is 14.6. The summed E-state index contributed by atoms with van der Waals surface area (Å²) in [5.74, 6) is -0.345. The number of morpholine rings is 2. The summed E-state index contributed by atoms with van der Waals surface area (Å²) in [5.41, 5.74) is 0.977. The van der Waals surface area contributed by atoms with E-state index >= 15 is 0 Å². The first-order valence-corrected chi connectivity index (χ1v) is 9.56. The van der Waals surface area contributed by atoms with Crippen molar-refractivity contribution in [2.24, 2.45) is 0 Å². The van der Waals surface area contributed by atoms with E-state index in [2.05, 4.69) is 15.5 Å². The molecule has 2 unspecified atom stereocenters. The molecule has 2 fully saturated rings. The third-order valence-corrected chi connectivity index (χ3v) is 4.78. The highest BCUT2D eigenvalue weighted by molar-refractivity contribution is 5.89. The molecule has 2 aliphatic heterocycles. The van der Waals surface area contributed by atoms with Crippen molar-refractivity contribution in [3.8, 4) is 0 Å². The lowest BCUT2D eigenvalue weighted by Crippen LogP contribution is -2.45. The van der Waals surface area contributed by atoms with Crippen LogP contribution >= 0.6 is 0 Å². The monoisotopic (exact) mass is 380 g/mol. The molecule has 2 saturated heterocycles. The lowest BCUT2D eigenvalue weighted by Gasteiger charge is -2.37. The first kappa shape index (κ1) is 19.9. The Balaban J connectivity index is 1.48. The zero-order valence-electron chi connectivity index (χ0n) is 16.0. The van der Waals surface area contributed by atoms with Gasteiger partial charge in [0, 0.05) is 45.0 Å². The highest BCUT2D eigenvalue weighted by Crippen LogP contribution is 2.26. The number of benzene rings is 1. The summed E-state index contributed by atoms with van der Waals surface area (Å²) in [5, 5.41) is 5.50. The SMILES string of the molecule is CC1CN(c2ccc(NC(=O)NCCN3CCOCC3)cc2F)CC(C)O1. The molecule has 0 bridgehead atoms. The maximum absolute atomic E-state index is 14.6. The normalized spacial score (nSPS) is 23.9. The highest BCUT2D eigenvalue weighted by Gasteiger charge is 2.24. The molecule has 3 rings (SSSR count). The van der Waals surface area contributed by atoms with Crippen LogP contribution in [0.15, 0.2) is 18.2 Å². The second-order valence-corrected chi connectivity index (χ2v) is 7.16. The number of rotatable bonds is 5. The molecule has 1 aromatic carbocycles. The quantitative estimate of drug-likeness (QED) is 0.817. The van der Waals surface area contributed by atoms with Crippen LogP contribution in [0.4, 0.5) is 20.6 Å². The number of carbonyl (C=O) groups is 1. The lowest BCUT2D eigenvalue weighted by atomic mass is 10.2. The third-order valence-electron chi connectivity index (χ3n) is 4.78. The van der Waals surface area contributed by atoms with E-state index in [9.17, 15) is 9.18 Å². The molecule has 2 heterocycles. The number of nitrogens with zero attached hydrogens (tertiary/aromatic N) is 2. The van der Waals surface area contributed by atoms with E-state index in [1.54, 1.807) is 12.1 Å². The summed E-state index contributed by atoms with van der Waals surface area (Å²) in [4.78, 5) is 16.2. The van der Waals surface area contributed by atoms with Gasteiger partial charge in [0.15, 0.2) is 0 Å². The molecule has 0 saturated carbocycles. The molecule has 0 spiro atoms. The molecule has 27 heavy (non-hydrogen) atoms. The fourth-order valence-corrected chi connectivity index (χ4v) is 3.54. The summed E-state index contributed by atoms with van der Waals surface area (Å²) < 4.78 is 25.6. The Bertz CT molecular complexity index is 629. The fourth-order valence-electron chi connectivity index (χ4n) is 3.54. The molecule has 2 atom stereocenters. The van der Waals surface area contributed by atoms with Gasteiger partial charge in [-0.2, -0.15) is 0 Å². The minimum atomic E-state index is -0.345. The number of hydrogen-bond donors (Lipinski definition) is 2. The van der Waals surface area contributed by atoms with E-state index in [4.69, 9.17) is 9.47 Å². The van der Waals surface area contributed by atoms with E-state index in [1.807, 2.05) is 18.7 Å². The van der Waals surface area contributed by atoms with Crippen LogP contribution in [0.2, 0.25) is 0 Å². The minimum absolute atomic E-state index is 0.0585. The molecular formula is C19H29FN4O3. The average Bonchev–Trinajstić information content (AvgIpc) is 2.62. The van der Waals surface area contributed by atoms with E-state index in [-0.39, 0.29) is 24.1 Å². The van der Waals surface area contributed by atoms with Gasteiger partial charge in [-0.25, -0.2) is 9.18 Å². The summed E-state index contributed by atoms with van der Waals surface area (Å²) in [7, 11) is 0. The lowest BCUT2D eigenvalue weighted by molar-refractivity contribution is -0.00539. The van der Waals surface area contributed by atoms with Gasteiger partial charge in [-0.1, -0.05) is 0 Å². The van der Waals surface area contributed by atoms with Crippen LogP contribution < -0.4 is 15.5 Å². The Morgan fingerprint density at radius 3 is 2.59 bits per heavy atom. The van der Waals surface area contributed by atoms with Crippen LogP contribution in [-0.4, -0.2) is 75.6 Å². The second-order valence-electron chi connectivity index (χ2n) is 7.16. The van der Waals surface area contributed by atoms with Crippen molar-refractivity contribution in [3.63, 3.8) is 0 Å². The molecule has 0 aromatic heterocycles. The van der Waals surface area contributed by atoms with Crippen molar-refractivity contribution in [2.75, 3.05) is 62.7 Å². The second kappa shape index (κ2) is 9.34. The molecule has 2 aliphatic rings. The first-order chi connectivity index (χ1) is 13.0. The Kier molecular flexibility index (Phi) is 6.87. The Hall–Kier alpha value is -1.90. The van der Waals surface area contributed by atoms with Crippen molar-refractivity contribution in [1.29, 1.82) is 0 Å². The van der Waals surface area contributed by atoms with Crippen LogP contribution in [0.3, 0.4) is 0 Å². The number of ether oxygens (including phenoxy) is 2. The molecule has 150 valence electrons. The molecule has 7 nitrogen and oxygen atoms in total. The number of nitrogens with one attached hydrogen (secondary N) is 2. The van der Waals surface area contributed by atoms with E-state index in [0.29, 0.717) is 31.0 Å². The van der Waals surface area contributed by atoms with E-state index < -0.39 is 0 Å². The van der Waals surface area contributed by atoms with Gasteiger partial charge in [-0.15, -0.1) is 0 Å². The van der Waals surface area contributed by atoms with Crippen molar-refractivity contribution >= 4 is 17.4 Å².